The number of nitrogens with two attached hydrogens (primary N) is 1. The van der Waals surface area contributed by atoms with Crippen molar-refractivity contribution in [2.75, 3.05) is 19.8 Å². The molecule has 0 fully saturated rings. The first-order valence-electron chi connectivity index (χ1n) is 10.2. The van der Waals surface area contributed by atoms with Crippen LogP contribution in [0.15, 0.2) is 48.5 Å². The smallest absolute Gasteiger partial charge is 0.469 e. The van der Waals surface area contributed by atoms with Gasteiger partial charge in [0.1, 0.15) is 21.5 Å². The molecule has 0 spiro atoms. The lowest BCUT2D eigenvalue weighted by Gasteiger charge is -2.21. The lowest BCUT2D eigenvalue weighted by Crippen LogP contribution is -2.37. The zero-order valence-corrected chi connectivity index (χ0v) is 20.1. The van der Waals surface area contributed by atoms with Gasteiger partial charge in [0, 0.05) is 12.0 Å². The molecule has 0 aliphatic carbocycles. The summed E-state index contributed by atoms with van der Waals surface area (Å²) in [7, 11) is -4.76. The van der Waals surface area contributed by atoms with Crippen molar-refractivity contribution in [1.29, 1.82) is 0 Å². The highest BCUT2D eigenvalue weighted by atomic mass is 32.1. The maximum Gasteiger partial charge on any atom is 0.469 e. The van der Waals surface area contributed by atoms with Gasteiger partial charge in [-0.1, -0.05) is 29.5 Å². The van der Waals surface area contributed by atoms with Crippen molar-refractivity contribution >= 4 is 19.2 Å². The summed E-state index contributed by atoms with van der Waals surface area (Å²) in [6, 6.07) is 12.5. The van der Waals surface area contributed by atoms with Crippen LogP contribution in [0.4, 0.5) is 13.2 Å². The number of alkyl halides is 3. The summed E-state index contributed by atoms with van der Waals surface area (Å²) < 4.78 is 67.3. The first-order chi connectivity index (χ1) is 16.4. The molecule has 1 aromatic heterocycles. The fraction of sp³-hybridized carbons (Fsp3) is 0.333. The van der Waals surface area contributed by atoms with Crippen LogP contribution >= 0.6 is 19.2 Å². The van der Waals surface area contributed by atoms with E-state index in [1.165, 1.54) is 19.1 Å². The van der Waals surface area contributed by atoms with Gasteiger partial charge in [0.15, 0.2) is 0 Å². The highest BCUT2D eigenvalue weighted by Crippen LogP contribution is 2.41. The molecule has 0 radical (unpaired) electrons. The number of hydrogen-bond acceptors (Lipinski definition) is 8. The number of aromatic nitrogens is 2. The molecule has 0 bridgehead atoms. The van der Waals surface area contributed by atoms with E-state index in [0.717, 1.165) is 17.4 Å². The number of rotatable bonds is 11. The molecule has 3 aromatic rings. The number of phosphoric acid groups is 1. The highest BCUT2D eigenvalue weighted by molar-refractivity contribution is 7.46. The molecular formula is C21H23F3N3O6PS. The molecule has 1 heterocycles. The van der Waals surface area contributed by atoms with Crippen molar-refractivity contribution in [2.24, 2.45) is 5.73 Å². The molecule has 0 saturated carbocycles. The third-order valence-corrected chi connectivity index (χ3v) is 6.25. The Bertz CT molecular complexity index is 1170. The maximum absolute atomic E-state index is 13.7. The summed E-state index contributed by atoms with van der Waals surface area (Å²) in [5.74, 6) is 0.329. The number of phosphoric ester groups is 1. The summed E-state index contributed by atoms with van der Waals surface area (Å²) in [6.07, 6.45) is -4.31. The number of halogens is 3. The van der Waals surface area contributed by atoms with E-state index in [2.05, 4.69) is 14.7 Å². The largest absolute Gasteiger partial charge is 0.493 e. The minimum Gasteiger partial charge on any atom is -0.493 e. The second-order valence-corrected chi connectivity index (χ2v) is 9.88. The lowest BCUT2D eigenvalue weighted by atomic mass is 10.1. The summed E-state index contributed by atoms with van der Waals surface area (Å²) >= 11 is 0.886. The Balaban J connectivity index is 1.69. The van der Waals surface area contributed by atoms with Crippen molar-refractivity contribution in [3.05, 3.63) is 59.1 Å². The number of hydrogen-bond donors (Lipinski definition) is 3. The van der Waals surface area contributed by atoms with Crippen molar-refractivity contribution < 1.29 is 41.5 Å². The molecule has 190 valence electrons. The molecule has 4 N–H and O–H groups in total. The molecule has 0 unspecified atom stereocenters. The van der Waals surface area contributed by atoms with Crippen molar-refractivity contribution in [1.82, 2.24) is 10.2 Å². The minimum atomic E-state index is -4.76. The van der Waals surface area contributed by atoms with Gasteiger partial charge < -0.3 is 25.0 Å². The second-order valence-electron chi connectivity index (χ2n) is 7.67. The fourth-order valence-electron chi connectivity index (χ4n) is 2.81. The van der Waals surface area contributed by atoms with Gasteiger partial charge in [-0.2, -0.15) is 13.2 Å². The second kappa shape index (κ2) is 11.0. The first-order valence-corrected chi connectivity index (χ1v) is 12.5. The van der Waals surface area contributed by atoms with Crippen LogP contribution in [0, 0.1) is 0 Å². The molecule has 14 heteroatoms. The fourth-order valence-corrected chi connectivity index (χ4v) is 4.13. The SMILES string of the molecule is C[C@](N)(COP(=O)(O)O)c1nnc(-c2ccc(OCCCOc3ccccc3)c(C(F)(F)F)c2)s1. The third kappa shape index (κ3) is 7.99. The monoisotopic (exact) mass is 533 g/mol. The molecular weight excluding hydrogens is 510 g/mol. The van der Waals surface area contributed by atoms with Gasteiger partial charge in [0.05, 0.1) is 30.9 Å². The number of ether oxygens (including phenoxy) is 2. The van der Waals surface area contributed by atoms with E-state index in [1.54, 1.807) is 12.1 Å². The summed E-state index contributed by atoms with van der Waals surface area (Å²) in [5.41, 5.74) is 3.74. The van der Waals surface area contributed by atoms with E-state index in [-0.39, 0.29) is 34.5 Å². The summed E-state index contributed by atoms with van der Waals surface area (Å²) in [5, 5.41) is 8.01. The van der Waals surface area contributed by atoms with E-state index in [9.17, 15) is 17.7 Å². The Morgan fingerprint density at radius 2 is 1.74 bits per heavy atom. The van der Waals surface area contributed by atoms with E-state index < -0.39 is 31.7 Å². The van der Waals surface area contributed by atoms with Crippen LogP contribution in [0.1, 0.15) is 23.9 Å². The van der Waals surface area contributed by atoms with Gasteiger partial charge in [-0.05, 0) is 37.3 Å². The summed E-state index contributed by atoms with van der Waals surface area (Å²) in [4.78, 5) is 17.7. The van der Waals surface area contributed by atoms with Crippen LogP contribution in [-0.4, -0.2) is 39.8 Å². The van der Waals surface area contributed by atoms with E-state index in [1.807, 2.05) is 18.2 Å². The van der Waals surface area contributed by atoms with Gasteiger partial charge in [0.25, 0.3) is 0 Å². The molecule has 3 rings (SSSR count). The first kappa shape index (κ1) is 27.1. The molecule has 2 aromatic carbocycles. The average Bonchev–Trinajstić information content (AvgIpc) is 3.29. The average molecular weight is 533 g/mol. The predicted molar refractivity (Wildman–Crippen MR) is 122 cm³/mol. The van der Waals surface area contributed by atoms with Gasteiger partial charge in [-0.15, -0.1) is 10.2 Å². The number of benzene rings is 2. The van der Waals surface area contributed by atoms with Crippen LogP contribution in [-0.2, 0) is 20.8 Å². The maximum atomic E-state index is 13.7. The zero-order chi connectivity index (χ0) is 25.7. The minimum absolute atomic E-state index is 0.0172. The van der Waals surface area contributed by atoms with E-state index in [0.29, 0.717) is 12.2 Å². The van der Waals surface area contributed by atoms with E-state index in [4.69, 9.17) is 25.0 Å². The zero-order valence-electron chi connectivity index (χ0n) is 18.4. The Hall–Kier alpha value is -2.54. The van der Waals surface area contributed by atoms with Gasteiger partial charge in [-0.25, -0.2) is 4.57 Å². The van der Waals surface area contributed by atoms with Crippen LogP contribution in [0.5, 0.6) is 11.5 Å². The summed E-state index contributed by atoms with van der Waals surface area (Å²) in [6.45, 7) is 1.14. The van der Waals surface area contributed by atoms with E-state index >= 15 is 0 Å². The normalized spacial score (nSPS) is 13.9. The van der Waals surface area contributed by atoms with Crippen LogP contribution in [0.25, 0.3) is 10.6 Å². The standard InChI is InChI=1S/C21H23F3N3O6PS/c1-20(25,13-33-34(28,29)30)19-27-26-18(35-19)14-8-9-17(16(12-14)21(22,23)24)32-11-5-10-31-15-6-3-2-4-7-15/h2-4,6-9,12H,5,10-11,13,25H2,1H3,(H2,28,29,30)/t20-/m0/s1. The predicted octanol–water partition coefficient (Wildman–Crippen LogP) is 4.36. The third-order valence-electron chi connectivity index (χ3n) is 4.54. The number of nitrogens with zero attached hydrogens (tertiary/aromatic N) is 2. The molecule has 0 amide bonds. The van der Waals surface area contributed by atoms with Gasteiger partial charge >= 0.3 is 14.0 Å². The Labute approximate surface area is 202 Å². The Morgan fingerprint density at radius 3 is 2.40 bits per heavy atom. The lowest BCUT2D eigenvalue weighted by molar-refractivity contribution is -0.138. The molecule has 0 aliphatic rings. The van der Waals surface area contributed by atoms with Crippen molar-refractivity contribution in [2.45, 2.75) is 25.1 Å². The molecule has 35 heavy (non-hydrogen) atoms. The molecule has 0 saturated heterocycles. The van der Waals surface area contributed by atoms with Gasteiger partial charge in [0.2, 0.25) is 0 Å². The van der Waals surface area contributed by atoms with Crippen molar-refractivity contribution in [3.8, 4) is 22.1 Å². The van der Waals surface area contributed by atoms with Gasteiger partial charge in [-0.3, -0.25) is 4.52 Å². The van der Waals surface area contributed by atoms with Crippen LogP contribution in [0.2, 0.25) is 0 Å². The molecule has 9 nitrogen and oxygen atoms in total. The topological polar surface area (TPSA) is 137 Å². The van der Waals surface area contributed by atoms with Crippen LogP contribution < -0.4 is 15.2 Å². The number of para-hydroxylation sites is 1. The molecule has 0 aliphatic heterocycles. The Kier molecular flexibility index (Phi) is 8.52. The van der Waals surface area contributed by atoms with Crippen LogP contribution in [0.3, 0.4) is 0 Å². The highest BCUT2D eigenvalue weighted by Gasteiger charge is 2.35. The Morgan fingerprint density at radius 1 is 1.06 bits per heavy atom. The quantitative estimate of drug-likeness (QED) is 0.243. The van der Waals surface area contributed by atoms with Crippen molar-refractivity contribution in [3.63, 3.8) is 0 Å². The molecule has 1 atom stereocenters.